The summed E-state index contributed by atoms with van der Waals surface area (Å²) in [6, 6.07) is 12.1. The van der Waals surface area contributed by atoms with Crippen LogP contribution in [0.3, 0.4) is 0 Å². The van der Waals surface area contributed by atoms with E-state index >= 15 is 0 Å². The summed E-state index contributed by atoms with van der Waals surface area (Å²) in [7, 11) is 0. The summed E-state index contributed by atoms with van der Waals surface area (Å²) >= 11 is 0. The highest BCUT2D eigenvalue weighted by Gasteiger charge is 2.40. The fraction of sp³-hybridized carbons (Fsp3) is 0.273. The maximum atomic E-state index is 13.5. The molecule has 6 rings (SSSR count). The maximum Gasteiger partial charge on any atom is 0.256 e. The van der Waals surface area contributed by atoms with Gasteiger partial charge in [-0.05, 0) is 30.7 Å². The molecule has 28 heavy (non-hydrogen) atoms. The number of carbonyl (C=O) groups excluding carboxylic acids is 1. The molecular weight excluding hydrogens is 357 g/mol. The van der Waals surface area contributed by atoms with Crippen LogP contribution in [0.15, 0.2) is 48.7 Å². The summed E-state index contributed by atoms with van der Waals surface area (Å²) in [6.07, 6.45) is 2.99. The summed E-state index contributed by atoms with van der Waals surface area (Å²) in [5.74, 6) is 0.274. The van der Waals surface area contributed by atoms with Crippen LogP contribution in [0.5, 0.6) is 0 Å². The maximum absolute atomic E-state index is 13.5. The highest BCUT2D eigenvalue weighted by atomic mass is 19.1. The Labute approximate surface area is 162 Å². The number of nitrogens with one attached hydrogen (secondary N) is 1. The summed E-state index contributed by atoms with van der Waals surface area (Å²) < 4.78 is 19.2. The quantitative estimate of drug-likeness (QED) is 0.749. The molecule has 142 valence electrons. The van der Waals surface area contributed by atoms with E-state index in [1.54, 1.807) is 18.3 Å². The normalized spacial score (nSPS) is 20.7. The van der Waals surface area contributed by atoms with Gasteiger partial charge in [0.1, 0.15) is 11.6 Å². The molecule has 0 saturated carbocycles. The van der Waals surface area contributed by atoms with Crippen molar-refractivity contribution in [2.45, 2.75) is 25.6 Å². The van der Waals surface area contributed by atoms with Gasteiger partial charge in [-0.1, -0.05) is 24.3 Å². The SMILES string of the molecule is Cc1cccc2c(Nc3cccc(F)c3)ncc(C(=O)N3CC4CC(C3)O4)c12. The van der Waals surface area contributed by atoms with Crippen molar-refractivity contribution in [1.29, 1.82) is 0 Å². The second kappa shape index (κ2) is 6.56. The van der Waals surface area contributed by atoms with E-state index in [-0.39, 0.29) is 23.9 Å². The molecule has 0 spiro atoms. The molecule has 0 aliphatic carbocycles. The molecule has 3 fully saturated rings. The lowest BCUT2D eigenvalue weighted by Crippen LogP contribution is -2.58. The number of amides is 1. The molecule has 2 bridgehead atoms. The number of hydrogen-bond donors (Lipinski definition) is 1. The molecule has 5 nitrogen and oxygen atoms in total. The molecule has 2 atom stereocenters. The number of halogens is 1. The van der Waals surface area contributed by atoms with Gasteiger partial charge in [0.2, 0.25) is 0 Å². The van der Waals surface area contributed by atoms with Gasteiger partial charge >= 0.3 is 0 Å². The summed E-state index contributed by atoms with van der Waals surface area (Å²) in [5.41, 5.74) is 2.21. The lowest BCUT2D eigenvalue weighted by Gasteiger charge is -2.47. The number of ether oxygens (including phenoxy) is 1. The van der Waals surface area contributed by atoms with Crippen LogP contribution in [-0.4, -0.2) is 41.1 Å². The van der Waals surface area contributed by atoms with Gasteiger partial charge in [0, 0.05) is 42.2 Å². The molecule has 1 amide bonds. The Morgan fingerprint density at radius 2 is 1.96 bits per heavy atom. The minimum Gasteiger partial charge on any atom is -0.371 e. The second-order valence-corrected chi connectivity index (χ2v) is 7.48. The zero-order chi connectivity index (χ0) is 19.3. The first-order valence-electron chi connectivity index (χ1n) is 9.44. The van der Waals surface area contributed by atoms with Crippen LogP contribution in [-0.2, 0) is 4.74 Å². The van der Waals surface area contributed by atoms with Gasteiger partial charge in [0.25, 0.3) is 5.91 Å². The van der Waals surface area contributed by atoms with E-state index in [9.17, 15) is 9.18 Å². The van der Waals surface area contributed by atoms with Crippen molar-refractivity contribution < 1.29 is 13.9 Å². The third kappa shape index (κ3) is 2.90. The molecule has 1 N–H and O–H groups in total. The van der Waals surface area contributed by atoms with E-state index in [2.05, 4.69) is 10.3 Å². The standard InChI is InChI=1S/C22H20FN3O2/c1-13-4-2-7-18-20(13)19(22(27)26-11-16-9-17(12-26)28-16)10-24-21(18)25-15-6-3-5-14(23)8-15/h2-8,10,16-17H,9,11-12H2,1H3,(H,24,25). The van der Waals surface area contributed by atoms with Crippen molar-refractivity contribution in [3.05, 3.63) is 65.6 Å². The number of aromatic nitrogens is 1. The number of benzene rings is 2. The van der Waals surface area contributed by atoms with Gasteiger partial charge in [0.15, 0.2) is 0 Å². The van der Waals surface area contributed by atoms with Crippen molar-refractivity contribution in [3.8, 4) is 0 Å². The van der Waals surface area contributed by atoms with E-state index in [1.165, 1.54) is 12.1 Å². The van der Waals surface area contributed by atoms with Crippen molar-refractivity contribution in [1.82, 2.24) is 9.88 Å². The fourth-order valence-corrected chi connectivity index (χ4v) is 4.14. The first-order valence-corrected chi connectivity index (χ1v) is 9.44. The number of fused-ring (bicyclic) bond motifs is 3. The molecule has 1 aromatic heterocycles. The Morgan fingerprint density at radius 1 is 1.21 bits per heavy atom. The van der Waals surface area contributed by atoms with Gasteiger partial charge in [-0.3, -0.25) is 4.79 Å². The number of carbonyl (C=O) groups is 1. The van der Waals surface area contributed by atoms with Gasteiger partial charge in [-0.25, -0.2) is 9.37 Å². The average molecular weight is 377 g/mol. The largest absolute Gasteiger partial charge is 0.371 e. The second-order valence-electron chi connectivity index (χ2n) is 7.48. The van der Waals surface area contributed by atoms with Crippen LogP contribution < -0.4 is 5.32 Å². The molecule has 2 aromatic carbocycles. The molecule has 3 saturated heterocycles. The molecule has 3 aliphatic rings. The Balaban J connectivity index is 1.55. The average Bonchev–Trinajstić information content (AvgIpc) is 2.68. The van der Waals surface area contributed by atoms with Crippen LogP contribution >= 0.6 is 0 Å². The topological polar surface area (TPSA) is 54.5 Å². The predicted molar refractivity (Wildman–Crippen MR) is 105 cm³/mol. The highest BCUT2D eigenvalue weighted by molar-refractivity contribution is 6.10. The number of anilines is 2. The molecule has 4 heterocycles. The van der Waals surface area contributed by atoms with E-state index in [0.29, 0.717) is 30.2 Å². The minimum absolute atomic E-state index is 0.0119. The lowest BCUT2D eigenvalue weighted by atomic mass is 9.96. The Hall–Kier alpha value is -2.99. The number of rotatable bonds is 3. The zero-order valence-corrected chi connectivity index (χ0v) is 15.5. The summed E-state index contributed by atoms with van der Waals surface area (Å²) in [6.45, 7) is 3.25. The third-order valence-electron chi connectivity index (χ3n) is 5.48. The summed E-state index contributed by atoms with van der Waals surface area (Å²) in [5, 5.41) is 4.90. The lowest BCUT2D eigenvalue weighted by molar-refractivity contribution is -0.171. The smallest absolute Gasteiger partial charge is 0.256 e. The molecule has 6 heteroatoms. The molecule has 3 aromatic rings. The Kier molecular flexibility index (Phi) is 4.02. The zero-order valence-electron chi connectivity index (χ0n) is 15.5. The predicted octanol–water partition coefficient (Wildman–Crippen LogP) is 4.04. The van der Waals surface area contributed by atoms with Crippen LogP contribution in [0, 0.1) is 12.7 Å². The van der Waals surface area contributed by atoms with Crippen LogP contribution in [0.1, 0.15) is 22.3 Å². The molecule has 3 aliphatic heterocycles. The number of aryl methyl sites for hydroxylation is 1. The van der Waals surface area contributed by atoms with E-state index in [4.69, 9.17) is 4.74 Å². The third-order valence-corrected chi connectivity index (χ3v) is 5.48. The van der Waals surface area contributed by atoms with Crippen molar-refractivity contribution >= 4 is 28.2 Å². The number of morpholine rings is 1. The fourth-order valence-electron chi connectivity index (χ4n) is 4.14. The van der Waals surface area contributed by atoms with E-state index in [0.717, 1.165) is 22.8 Å². The van der Waals surface area contributed by atoms with Crippen LogP contribution in [0.25, 0.3) is 10.8 Å². The Bertz CT molecular complexity index is 1070. The Morgan fingerprint density at radius 3 is 2.71 bits per heavy atom. The van der Waals surface area contributed by atoms with E-state index in [1.807, 2.05) is 30.0 Å². The van der Waals surface area contributed by atoms with Crippen molar-refractivity contribution in [3.63, 3.8) is 0 Å². The van der Waals surface area contributed by atoms with Crippen molar-refractivity contribution in [2.75, 3.05) is 18.4 Å². The van der Waals surface area contributed by atoms with Crippen LogP contribution in [0.4, 0.5) is 15.9 Å². The highest BCUT2D eigenvalue weighted by Crippen LogP contribution is 2.33. The number of nitrogens with zero attached hydrogens (tertiary/aromatic N) is 2. The monoisotopic (exact) mass is 377 g/mol. The van der Waals surface area contributed by atoms with Gasteiger partial charge in [-0.15, -0.1) is 0 Å². The molecule has 0 radical (unpaired) electrons. The molecular formula is C22H20FN3O2. The first-order chi connectivity index (χ1) is 13.6. The minimum atomic E-state index is -0.317. The summed E-state index contributed by atoms with van der Waals surface area (Å²) in [4.78, 5) is 19.6. The van der Waals surface area contributed by atoms with Crippen molar-refractivity contribution in [2.24, 2.45) is 0 Å². The number of piperidine rings is 1. The number of pyridine rings is 1. The van der Waals surface area contributed by atoms with Gasteiger partial charge in [0.05, 0.1) is 17.8 Å². The van der Waals surface area contributed by atoms with E-state index < -0.39 is 0 Å². The van der Waals surface area contributed by atoms with Gasteiger partial charge < -0.3 is 15.0 Å². The molecule has 2 unspecified atom stereocenters. The number of hydrogen-bond acceptors (Lipinski definition) is 4. The first kappa shape index (κ1) is 17.1. The van der Waals surface area contributed by atoms with Crippen LogP contribution in [0.2, 0.25) is 0 Å². The van der Waals surface area contributed by atoms with Gasteiger partial charge in [-0.2, -0.15) is 0 Å².